The molecule has 5 nitrogen and oxygen atoms in total. The van der Waals surface area contributed by atoms with Gasteiger partial charge < -0.3 is 14.4 Å². The zero-order chi connectivity index (χ0) is 15.4. The molecule has 1 heterocycles. The lowest BCUT2D eigenvalue weighted by Crippen LogP contribution is -2.10. The van der Waals surface area contributed by atoms with Gasteiger partial charge in [-0.05, 0) is 31.5 Å². The smallest absolute Gasteiger partial charge is 0.313 e. The molecule has 2 rings (SSSR count). The molecular formula is C14H17BrN2O3S. The summed E-state index contributed by atoms with van der Waals surface area (Å²) in [5, 5.41) is 9.61. The fourth-order valence-electron chi connectivity index (χ4n) is 2.12. The highest BCUT2D eigenvalue weighted by molar-refractivity contribution is 9.10. The van der Waals surface area contributed by atoms with Crippen LogP contribution in [0.15, 0.2) is 27.8 Å². The molecule has 0 fully saturated rings. The number of fused-ring (bicyclic) bond motifs is 1. The van der Waals surface area contributed by atoms with Crippen molar-refractivity contribution < 1.29 is 14.6 Å². The van der Waals surface area contributed by atoms with E-state index in [1.54, 1.807) is 7.11 Å². The number of carboxylic acid groups (broad SMARTS) is 1. The van der Waals surface area contributed by atoms with Crippen LogP contribution >= 0.6 is 27.7 Å². The zero-order valence-electron chi connectivity index (χ0n) is 11.9. The van der Waals surface area contributed by atoms with Crippen molar-refractivity contribution in [2.24, 2.45) is 0 Å². The van der Waals surface area contributed by atoms with Crippen molar-refractivity contribution in [3.8, 4) is 0 Å². The number of rotatable bonds is 7. The summed E-state index contributed by atoms with van der Waals surface area (Å²) in [4.78, 5) is 15.4. The van der Waals surface area contributed by atoms with Crippen molar-refractivity contribution in [2.75, 3.05) is 19.5 Å². The first-order valence-electron chi connectivity index (χ1n) is 6.54. The summed E-state index contributed by atoms with van der Waals surface area (Å²) in [6.07, 6.45) is 0.842. The Bertz CT molecular complexity index is 644. The van der Waals surface area contributed by atoms with Gasteiger partial charge in [-0.1, -0.05) is 27.7 Å². The number of carboxylic acids is 1. The molecule has 0 saturated heterocycles. The van der Waals surface area contributed by atoms with Gasteiger partial charge in [0.15, 0.2) is 5.16 Å². The molecule has 0 bridgehead atoms. The van der Waals surface area contributed by atoms with E-state index in [9.17, 15) is 4.79 Å². The van der Waals surface area contributed by atoms with Crippen LogP contribution in [0.25, 0.3) is 11.0 Å². The number of benzene rings is 1. The van der Waals surface area contributed by atoms with Crippen LogP contribution in [-0.4, -0.2) is 40.1 Å². The number of halogens is 1. The van der Waals surface area contributed by atoms with Crippen molar-refractivity contribution in [3.05, 3.63) is 22.7 Å². The highest BCUT2D eigenvalue weighted by atomic mass is 79.9. The van der Waals surface area contributed by atoms with E-state index in [-0.39, 0.29) is 11.8 Å². The average Bonchev–Trinajstić information content (AvgIpc) is 2.80. The molecule has 1 aromatic carbocycles. The first-order valence-corrected chi connectivity index (χ1v) is 8.31. The third-order valence-electron chi connectivity index (χ3n) is 3.12. The number of ether oxygens (including phenoxy) is 1. The van der Waals surface area contributed by atoms with Crippen LogP contribution in [0.1, 0.15) is 19.4 Å². The summed E-state index contributed by atoms with van der Waals surface area (Å²) in [6.45, 7) is 2.74. The number of imidazole rings is 1. The van der Waals surface area contributed by atoms with E-state index in [1.807, 2.05) is 18.2 Å². The molecule has 0 aliphatic carbocycles. The van der Waals surface area contributed by atoms with Gasteiger partial charge in [0, 0.05) is 24.2 Å². The van der Waals surface area contributed by atoms with Gasteiger partial charge in [-0.3, -0.25) is 4.79 Å². The van der Waals surface area contributed by atoms with Gasteiger partial charge in [0.2, 0.25) is 0 Å². The summed E-state index contributed by atoms with van der Waals surface area (Å²) in [5.41, 5.74) is 1.87. The van der Waals surface area contributed by atoms with Crippen LogP contribution < -0.4 is 0 Å². The maximum atomic E-state index is 10.8. The Labute approximate surface area is 135 Å². The minimum atomic E-state index is -0.843. The topological polar surface area (TPSA) is 64.3 Å². The molecule has 0 amide bonds. The number of thioether (sulfide) groups is 1. The third-order valence-corrected chi connectivity index (χ3v) is 4.56. The maximum absolute atomic E-state index is 10.8. The Hall–Kier alpha value is -1.05. The second kappa shape index (κ2) is 7.29. The Morgan fingerprint density at radius 3 is 3.00 bits per heavy atom. The number of carbonyl (C=O) groups is 1. The number of nitrogens with zero attached hydrogens (tertiary/aromatic N) is 2. The van der Waals surface area contributed by atoms with Gasteiger partial charge in [-0.25, -0.2) is 4.98 Å². The van der Waals surface area contributed by atoms with Crippen molar-refractivity contribution in [1.29, 1.82) is 0 Å². The predicted octanol–water partition coefficient (Wildman–Crippen LogP) is 3.57. The quantitative estimate of drug-likeness (QED) is 0.752. The monoisotopic (exact) mass is 372 g/mol. The molecule has 1 N–H and O–H groups in total. The van der Waals surface area contributed by atoms with Crippen molar-refractivity contribution in [2.45, 2.75) is 24.5 Å². The molecule has 0 saturated carbocycles. The van der Waals surface area contributed by atoms with Gasteiger partial charge in [0.1, 0.15) is 0 Å². The molecule has 21 heavy (non-hydrogen) atoms. The summed E-state index contributed by atoms with van der Waals surface area (Å²) in [5.74, 6) is -0.842. The molecular weight excluding hydrogens is 356 g/mol. The second-order valence-electron chi connectivity index (χ2n) is 4.71. The molecule has 1 unspecified atom stereocenters. The fourth-order valence-corrected chi connectivity index (χ4v) is 3.30. The Morgan fingerprint density at radius 2 is 2.33 bits per heavy atom. The van der Waals surface area contributed by atoms with E-state index >= 15 is 0 Å². The lowest BCUT2D eigenvalue weighted by atomic mass is 10.2. The van der Waals surface area contributed by atoms with E-state index in [0.717, 1.165) is 27.1 Å². The first kappa shape index (κ1) is 16.3. The van der Waals surface area contributed by atoms with Crippen LogP contribution in [0.5, 0.6) is 0 Å². The van der Waals surface area contributed by atoms with E-state index in [1.165, 1.54) is 11.8 Å². The van der Waals surface area contributed by atoms with Gasteiger partial charge in [-0.2, -0.15) is 0 Å². The van der Waals surface area contributed by atoms with Gasteiger partial charge in [0.05, 0.1) is 16.8 Å². The van der Waals surface area contributed by atoms with E-state index < -0.39 is 5.97 Å². The summed E-state index contributed by atoms with van der Waals surface area (Å²) < 4.78 is 8.21. The third kappa shape index (κ3) is 3.99. The molecule has 0 aliphatic rings. The number of aliphatic carboxylic acids is 1. The molecule has 7 heteroatoms. The van der Waals surface area contributed by atoms with E-state index in [4.69, 9.17) is 9.84 Å². The number of hydrogen-bond donors (Lipinski definition) is 1. The van der Waals surface area contributed by atoms with Crippen LogP contribution in [0.3, 0.4) is 0 Å². The molecule has 1 atom stereocenters. The summed E-state index contributed by atoms with van der Waals surface area (Å²) in [7, 11) is 1.68. The van der Waals surface area contributed by atoms with Crippen molar-refractivity contribution in [1.82, 2.24) is 9.55 Å². The average molecular weight is 373 g/mol. The predicted molar refractivity (Wildman–Crippen MR) is 87.0 cm³/mol. The minimum Gasteiger partial charge on any atom is -0.481 e. The maximum Gasteiger partial charge on any atom is 0.313 e. The largest absolute Gasteiger partial charge is 0.481 e. The highest BCUT2D eigenvalue weighted by Gasteiger charge is 2.17. The van der Waals surface area contributed by atoms with E-state index in [2.05, 4.69) is 32.4 Å². The Balaban J connectivity index is 2.42. The van der Waals surface area contributed by atoms with Crippen LogP contribution in [0, 0.1) is 0 Å². The zero-order valence-corrected chi connectivity index (χ0v) is 14.3. The fraction of sp³-hybridized carbons (Fsp3) is 0.429. The number of aromatic nitrogens is 2. The summed E-state index contributed by atoms with van der Waals surface area (Å²) in [6, 6.07) is 6.06. The Kier molecular flexibility index (Phi) is 5.66. The SMILES string of the molecule is COCCC(C)n1c(SCC(=O)O)nc2ccc(Br)cc21. The van der Waals surface area contributed by atoms with Gasteiger partial charge in [-0.15, -0.1) is 0 Å². The Morgan fingerprint density at radius 1 is 1.57 bits per heavy atom. The molecule has 2 aromatic rings. The first-order chi connectivity index (χ1) is 10.0. The lowest BCUT2D eigenvalue weighted by Gasteiger charge is -2.16. The van der Waals surface area contributed by atoms with Gasteiger partial charge in [0.25, 0.3) is 0 Å². The van der Waals surface area contributed by atoms with Crippen molar-refractivity contribution in [3.63, 3.8) is 0 Å². The van der Waals surface area contributed by atoms with Gasteiger partial charge >= 0.3 is 5.97 Å². The lowest BCUT2D eigenvalue weighted by molar-refractivity contribution is -0.133. The molecule has 1 aromatic heterocycles. The normalized spacial score (nSPS) is 12.7. The highest BCUT2D eigenvalue weighted by Crippen LogP contribution is 2.30. The molecule has 0 spiro atoms. The summed E-state index contributed by atoms with van der Waals surface area (Å²) >= 11 is 4.72. The van der Waals surface area contributed by atoms with Crippen molar-refractivity contribution >= 4 is 44.7 Å². The number of hydrogen-bond acceptors (Lipinski definition) is 4. The standard InChI is InChI=1S/C14H17BrN2O3S/c1-9(5-6-20-2)17-12-7-10(15)3-4-11(12)16-14(17)21-8-13(18)19/h3-4,7,9H,5-6,8H2,1-2H3,(H,18,19). The molecule has 0 radical (unpaired) electrons. The molecule has 114 valence electrons. The van der Waals surface area contributed by atoms with Crippen LogP contribution in [0.2, 0.25) is 0 Å². The minimum absolute atomic E-state index is 0.00148. The second-order valence-corrected chi connectivity index (χ2v) is 6.57. The van der Waals surface area contributed by atoms with Crippen LogP contribution in [-0.2, 0) is 9.53 Å². The number of methoxy groups -OCH3 is 1. The van der Waals surface area contributed by atoms with E-state index in [0.29, 0.717) is 6.61 Å². The van der Waals surface area contributed by atoms with Crippen LogP contribution in [0.4, 0.5) is 0 Å². The molecule has 0 aliphatic heterocycles.